The summed E-state index contributed by atoms with van der Waals surface area (Å²) in [7, 11) is 0. The minimum Gasteiger partial charge on any atom is -0.410 e. The number of hydrogen-bond acceptors (Lipinski definition) is 3. The topological polar surface area (TPSA) is 52.9 Å². The van der Waals surface area contributed by atoms with Crippen LogP contribution in [0, 0.1) is 0 Å². The SMILES string of the molecule is O=C1/C(=N/O)CCN1Cc1ccccc1. The maximum Gasteiger partial charge on any atom is 0.272 e. The highest BCUT2D eigenvalue weighted by atomic mass is 16.4. The molecule has 1 aromatic rings. The van der Waals surface area contributed by atoms with Crippen molar-refractivity contribution in [3.63, 3.8) is 0 Å². The van der Waals surface area contributed by atoms with Crippen molar-refractivity contribution in [3.8, 4) is 0 Å². The van der Waals surface area contributed by atoms with Crippen LogP contribution >= 0.6 is 0 Å². The second-order valence-electron chi connectivity index (χ2n) is 3.51. The van der Waals surface area contributed by atoms with Crippen molar-refractivity contribution in [1.82, 2.24) is 4.90 Å². The van der Waals surface area contributed by atoms with E-state index in [4.69, 9.17) is 5.21 Å². The van der Waals surface area contributed by atoms with E-state index in [1.807, 2.05) is 30.3 Å². The minimum absolute atomic E-state index is 0.165. The zero-order valence-electron chi connectivity index (χ0n) is 8.26. The van der Waals surface area contributed by atoms with Crippen LogP contribution in [-0.4, -0.2) is 28.3 Å². The van der Waals surface area contributed by atoms with Crippen LogP contribution in [0.15, 0.2) is 35.5 Å². The lowest BCUT2D eigenvalue weighted by Gasteiger charge is -2.14. The normalized spacial score (nSPS) is 18.8. The highest BCUT2D eigenvalue weighted by molar-refractivity contribution is 6.40. The van der Waals surface area contributed by atoms with Crippen LogP contribution in [-0.2, 0) is 11.3 Å². The van der Waals surface area contributed by atoms with E-state index in [1.54, 1.807) is 4.90 Å². The molecule has 1 heterocycles. The van der Waals surface area contributed by atoms with Crippen molar-refractivity contribution in [1.29, 1.82) is 0 Å². The maximum absolute atomic E-state index is 11.6. The average Bonchev–Trinajstić information content (AvgIpc) is 2.62. The third-order valence-corrected chi connectivity index (χ3v) is 2.49. The number of carbonyl (C=O) groups excluding carboxylic acids is 1. The molecule has 1 aliphatic heterocycles. The molecular formula is C11H12N2O2. The summed E-state index contributed by atoms with van der Waals surface area (Å²) in [4.78, 5) is 13.3. The molecule has 0 radical (unpaired) electrons. The van der Waals surface area contributed by atoms with Gasteiger partial charge in [0, 0.05) is 19.5 Å². The Bertz CT molecular complexity index is 387. The first-order chi connectivity index (χ1) is 7.31. The second-order valence-corrected chi connectivity index (χ2v) is 3.51. The van der Waals surface area contributed by atoms with Crippen LogP contribution in [0.25, 0.3) is 0 Å². The van der Waals surface area contributed by atoms with Gasteiger partial charge in [-0.05, 0) is 5.56 Å². The van der Waals surface area contributed by atoms with Crippen molar-refractivity contribution in [2.45, 2.75) is 13.0 Å². The number of benzene rings is 1. The van der Waals surface area contributed by atoms with Gasteiger partial charge in [0.1, 0.15) is 5.71 Å². The van der Waals surface area contributed by atoms with E-state index in [0.717, 1.165) is 5.56 Å². The molecule has 4 heteroatoms. The van der Waals surface area contributed by atoms with Crippen LogP contribution < -0.4 is 0 Å². The summed E-state index contributed by atoms with van der Waals surface area (Å²) < 4.78 is 0. The van der Waals surface area contributed by atoms with Crippen LogP contribution in [0.4, 0.5) is 0 Å². The molecule has 0 atom stereocenters. The van der Waals surface area contributed by atoms with Gasteiger partial charge >= 0.3 is 0 Å². The van der Waals surface area contributed by atoms with Crippen molar-refractivity contribution < 1.29 is 10.0 Å². The van der Waals surface area contributed by atoms with Crippen LogP contribution in [0.3, 0.4) is 0 Å². The summed E-state index contributed by atoms with van der Waals surface area (Å²) in [5.74, 6) is -0.165. The Morgan fingerprint density at radius 1 is 1.33 bits per heavy atom. The van der Waals surface area contributed by atoms with Crippen LogP contribution in [0.2, 0.25) is 0 Å². The Morgan fingerprint density at radius 2 is 2.07 bits per heavy atom. The van der Waals surface area contributed by atoms with Crippen molar-refractivity contribution >= 4 is 11.6 Å². The predicted octanol–water partition coefficient (Wildman–Crippen LogP) is 1.25. The van der Waals surface area contributed by atoms with E-state index in [0.29, 0.717) is 19.5 Å². The van der Waals surface area contributed by atoms with Gasteiger partial charge in [-0.1, -0.05) is 35.5 Å². The third kappa shape index (κ3) is 1.98. The number of hydrogen-bond donors (Lipinski definition) is 1. The van der Waals surface area contributed by atoms with E-state index in [9.17, 15) is 4.79 Å². The quantitative estimate of drug-likeness (QED) is 0.582. The molecule has 4 nitrogen and oxygen atoms in total. The molecule has 78 valence electrons. The van der Waals surface area contributed by atoms with E-state index in [1.165, 1.54) is 0 Å². The summed E-state index contributed by atoms with van der Waals surface area (Å²) >= 11 is 0. The molecule has 1 aliphatic rings. The lowest BCUT2D eigenvalue weighted by molar-refractivity contribution is -0.123. The summed E-state index contributed by atoms with van der Waals surface area (Å²) in [5, 5.41) is 11.5. The van der Waals surface area contributed by atoms with Gasteiger partial charge in [0.05, 0.1) is 0 Å². The molecule has 0 bridgehead atoms. The molecule has 1 saturated heterocycles. The van der Waals surface area contributed by atoms with Gasteiger partial charge in [-0.25, -0.2) is 0 Å². The summed E-state index contributed by atoms with van der Waals surface area (Å²) in [6.45, 7) is 1.21. The van der Waals surface area contributed by atoms with Gasteiger partial charge in [-0.15, -0.1) is 0 Å². The molecule has 1 fully saturated rings. The van der Waals surface area contributed by atoms with Crippen LogP contribution in [0.1, 0.15) is 12.0 Å². The molecular weight excluding hydrogens is 192 g/mol. The van der Waals surface area contributed by atoms with Crippen molar-refractivity contribution in [2.24, 2.45) is 5.16 Å². The zero-order chi connectivity index (χ0) is 10.7. The summed E-state index contributed by atoms with van der Waals surface area (Å²) in [6.07, 6.45) is 0.530. The Morgan fingerprint density at radius 3 is 2.67 bits per heavy atom. The van der Waals surface area contributed by atoms with Gasteiger partial charge in [0.2, 0.25) is 0 Å². The highest BCUT2D eigenvalue weighted by Crippen LogP contribution is 2.12. The first-order valence-corrected chi connectivity index (χ1v) is 4.85. The summed E-state index contributed by atoms with van der Waals surface area (Å²) in [6, 6.07) is 9.77. The maximum atomic E-state index is 11.6. The molecule has 15 heavy (non-hydrogen) atoms. The smallest absolute Gasteiger partial charge is 0.272 e. The molecule has 0 aliphatic carbocycles. The number of amides is 1. The van der Waals surface area contributed by atoms with Gasteiger partial charge in [-0.2, -0.15) is 0 Å². The van der Waals surface area contributed by atoms with Crippen LogP contribution in [0.5, 0.6) is 0 Å². The monoisotopic (exact) mass is 204 g/mol. The Kier molecular flexibility index (Phi) is 2.67. The van der Waals surface area contributed by atoms with Gasteiger partial charge in [-0.3, -0.25) is 4.79 Å². The largest absolute Gasteiger partial charge is 0.410 e. The predicted molar refractivity (Wildman–Crippen MR) is 55.7 cm³/mol. The number of carbonyl (C=O) groups is 1. The first-order valence-electron chi connectivity index (χ1n) is 4.85. The Balaban J connectivity index is 2.06. The van der Waals surface area contributed by atoms with Crippen molar-refractivity contribution in [2.75, 3.05) is 6.54 Å². The molecule has 1 aromatic carbocycles. The number of oxime groups is 1. The summed E-state index contributed by atoms with van der Waals surface area (Å²) in [5.41, 5.74) is 1.34. The molecule has 0 saturated carbocycles. The van der Waals surface area contributed by atoms with E-state index < -0.39 is 0 Å². The molecule has 0 spiro atoms. The Hall–Kier alpha value is -1.84. The van der Waals surface area contributed by atoms with E-state index in [2.05, 4.69) is 5.16 Å². The van der Waals surface area contributed by atoms with E-state index >= 15 is 0 Å². The number of likely N-dealkylation sites (tertiary alicyclic amines) is 1. The lowest BCUT2D eigenvalue weighted by Crippen LogP contribution is -2.26. The van der Waals surface area contributed by atoms with Crippen molar-refractivity contribution in [3.05, 3.63) is 35.9 Å². The number of rotatable bonds is 2. The minimum atomic E-state index is -0.165. The Labute approximate surface area is 87.8 Å². The van der Waals surface area contributed by atoms with Gasteiger partial charge < -0.3 is 10.1 Å². The van der Waals surface area contributed by atoms with E-state index in [-0.39, 0.29) is 11.6 Å². The molecule has 0 unspecified atom stereocenters. The first kappa shape index (κ1) is 9.71. The third-order valence-electron chi connectivity index (χ3n) is 2.49. The fraction of sp³-hybridized carbons (Fsp3) is 0.273. The molecule has 1 amide bonds. The molecule has 1 N–H and O–H groups in total. The highest BCUT2D eigenvalue weighted by Gasteiger charge is 2.27. The molecule has 0 aromatic heterocycles. The zero-order valence-corrected chi connectivity index (χ0v) is 8.26. The van der Waals surface area contributed by atoms with Gasteiger partial charge in [0.25, 0.3) is 5.91 Å². The standard InChI is InChI=1S/C11H12N2O2/c14-11-10(12-15)6-7-13(11)8-9-4-2-1-3-5-9/h1-5,15H,6-8H2/b12-10+. The second kappa shape index (κ2) is 4.13. The number of nitrogens with zero attached hydrogens (tertiary/aromatic N) is 2. The fourth-order valence-electron chi connectivity index (χ4n) is 1.68. The van der Waals surface area contributed by atoms with Gasteiger partial charge in [0.15, 0.2) is 0 Å². The lowest BCUT2D eigenvalue weighted by atomic mass is 10.2. The average molecular weight is 204 g/mol. The fourth-order valence-corrected chi connectivity index (χ4v) is 1.68. The molecule has 2 rings (SSSR count).